The molecule has 1 aromatic rings. The molecule has 0 spiro atoms. The van der Waals surface area contributed by atoms with E-state index in [9.17, 15) is 19.2 Å². The Morgan fingerprint density at radius 3 is 2.09 bits per heavy atom. The van der Waals surface area contributed by atoms with Gasteiger partial charge >= 0.3 is 0 Å². The Morgan fingerprint density at radius 2 is 1.64 bits per heavy atom. The molecule has 0 saturated heterocycles. The third-order valence-electron chi connectivity index (χ3n) is 3.91. The number of Topliss-reactive ketones (excluding diaryl/α,β-unsaturated/α-hetero) is 3. The van der Waals surface area contributed by atoms with Crippen molar-refractivity contribution in [3.8, 4) is 0 Å². The first-order chi connectivity index (χ1) is 10.4. The number of carbonyl (C=O) groups is 4. The van der Waals surface area contributed by atoms with Crippen LogP contribution in [-0.2, 0) is 19.2 Å². The Morgan fingerprint density at radius 1 is 1.09 bits per heavy atom. The van der Waals surface area contributed by atoms with Crippen LogP contribution in [0.15, 0.2) is 24.3 Å². The minimum absolute atomic E-state index is 0.156. The molecule has 0 aliphatic heterocycles. The van der Waals surface area contributed by atoms with Gasteiger partial charge in [-0.25, -0.2) is 0 Å². The molecule has 0 heterocycles. The maximum atomic E-state index is 12.1. The Balaban J connectivity index is 2.12. The summed E-state index contributed by atoms with van der Waals surface area (Å²) in [7, 11) is 0. The van der Waals surface area contributed by atoms with Crippen LogP contribution in [0, 0.1) is 5.92 Å². The third kappa shape index (κ3) is 3.47. The van der Waals surface area contributed by atoms with Gasteiger partial charge in [-0.15, -0.1) is 0 Å². The van der Waals surface area contributed by atoms with Crippen molar-refractivity contribution in [2.75, 3.05) is 5.32 Å². The van der Waals surface area contributed by atoms with Crippen LogP contribution in [0.2, 0.25) is 0 Å². The Kier molecular flexibility index (Phi) is 4.85. The molecule has 1 aliphatic carbocycles. The second-order valence-electron chi connectivity index (χ2n) is 5.59. The van der Waals surface area contributed by atoms with Crippen molar-refractivity contribution in [2.24, 2.45) is 5.92 Å². The van der Waals surface area contributed by atoms with Crippen LogP contribution < -0.4 is 5.32 Å². The molecule has 1 aromatic carbocycles. The van der Waals surface area contributed by atoms with Gasteiger partial charge in [-0.3, -0.25) is 19.2 Å². The lowest BCUT2D eigenvalue weighted by Gasteiger charge is -2.25. The van der Waals surface area contributed by atoms with Crippen molar-refractivity contribution in [1.29, 1.82) is 0 Å². The molecule has 1 saturated carbocycles. The van der Waals surface area contributed by atoms with Crippen molar-refractivity contribution in [2.45, 2.75) is 39.0 Å². The zero-order valence-corrected chi connectivity index (χ0v) is 12.7. The van der Waals surface area contributed by atoms with Crippen LogP contribution in [0.1, 0.15) is 44.6 Å². The summed E-state index contributed by atoms with van der Waals surface area (Å²) in [5, 5.41) is 2.66. The van der Waals surface area contributed by atoms with E-state index in [1.165, 1.54) is 6.92 Å². The molecule has 22 heavy (non-hydrogen) atoms. The zero-order valence-electron chi connectivity index (χ0n) is 12.7. The Bertz CT molecular complexity index is 600. The highest BCUT2D eigenvalue weighted by atomic mass is 16.2. The number of hydrogen-bond donors (Lipinski definition) is 1. The van der Waals surface area contributed by atoms with Crippen LogP contribution in [0.25, 0.3) is 0 Å². The molecular formula is C17H19NO4. The number of anilines is 1. The number of nitrogens with one attached hydrogen (secondary N) is 1. The molecule has 1 amide bonds. The standard InChI is InChI=1S/C17H19NO4/c1-3-14(20)17-15(21)8-12(9-16(17)22)11-4-6-13(7-5-11)18-10(2)19/h4-7,12,17H,3,8-9H2,1-2H3,(H,18,19). The number of hydrogen-bond acceptors (Lipinski definition) is 4. The minimum Gasteiger partial charge on any atom is -0.326 e. The number of ketones is 3. The normalized spacial score (nSPS) is 21.5. The van der Waals surface area contributed by atoms with Gasteiger partial charge < -0.3 is 5.32 Å². The summed E-state index contributed by atoms with van der Waals surface area (Å²) in [6, 6.07) is 7.10. The van der Waals surface area contributed by atoms with E-state index in [4.69, 9.17) is 0 Å². The van der Waals surface area contributed by atoms with Crippen molar-refractivity contribution in [3.05, 3.63) is 29.8 Å². The van der Waals surface area contributed by atoms with E-state index in [1.54, 1.807) is 31.2 Å². The molecule has 1 aliphatic rings. The van der Waals surface area contributed by atoms with Crippen LogP contribution in [0.4, 0.5) is 5.69 Å². The second-order valence-corrected chi connectivity index (χ2v) is 5.59. The summed E-state index contributed by atoms with van der Waals surface area (Å²) in [4.78, 5) is 46.9. The van der Waals surface area contributed by atoms with Gasteiger partial charge in [0.25, 0.3) is 0 Å². The maximum Gasteiger partial charge on any atom is 0.221 e. The van der Waals surface area contributed by atoms with Gasteiger partial charge in [0.05, 0.1) is 0 Å². The average molecular weight is 301 g/mol. The minimum atomic E-state index is -1.06. The van der Waals surface area contributed by atoms with Gasteiger partial charge in [-0.05, 0) is 23.6 Å². The van der Waals surface area contributed by atoms with Crippen LogP contribution in [0.3, 0.4) is 0 Å². The quantitative estimate of drug-likeness (QED) is 0.865. The smallest absolute Gasteiger partial charge is 0.221 e. The van der Waals surface area contributed by atoms with Gasteiger partial charge in [0.1, 0.15) is 5.92 Å². The average Bonchev–Trinajstić information content (AvgIpc) is 2.46. The van der Waals surface area contributed by atoms with Gasteiger partial charge in [0.2, 0.25) is 5.91 Å². The summed E-state index contributed by atoms with van der Waals surface area (Å²) < 4.78 is 0. The third-order valence-corrected chi connectivity index (χ3v) is 3.91. The first-order valence-electron chi connectivity index (χ1n) is 7.38. The highest BCUT2D eigenvalue weighted by molar-refractivity contribution is 6.20. The lowest BCUT2D eigenvalue weighted by molar-refractivity contribution is -0.142. The lowest BCUT2D eigenvalue weighted by Crippen LogP contribution is -2.37. The van der Waals surface area contributed by atoms with Crippen LogP contribution in [-0.4, -0.2) is 23.3 Å². The highest BCUT2D eigenvalue weighted by Gasteiger charge is 2.39. The molecule has 0 aromatic heterocycles. The van der Waals surface area contributed by atoms with E-state index in [-0.39, 0.29) is 48.4 Å². The van der Waals surface area contributed by atoms with E-state index in [0.717, 1.165) is 5.56 Å². The first kappa shape index (κ1) is 16.1. The molecule has 5 nitrogen and oxygen atoms in total. The zero-order chi connectivity index (χ0) is 16.3. The second kappa shape index (κ2) is 6.64. The molecule has 0 unspecified atom stereocenters. The maximum absolute atomic E-state index is 12.1. The van der Waals surface area contributed by atoms with Crippen LogP contribution in [0.5, 0.6) is 0 Å². The van der Waals surface area contributed by atoms with Gasteiger partial charge in [-0.1, -0.05) is 19.1 Å². The SMILES string of the molecule is CCC(=O)C1C(=O)CC(c2ccc(NC(C)=O)cc2)CC1=O. The molecule has 0 bridgehead atoms. The van der Waals surface area contributed by atoms with Crippen molar-refractivity contribution in [1.82, 2.24) is 0 Å². The van der Waals surface area contributed by atoms with Crippen LogP contribution >= 0.6 is 0 Å². The van der Waals surface area contributed by atoms with Gasteiger partial charge in [-0.2, -0.15) is 0 Å². The van der Waals surface area contributed by atoms with E-state index in [1.807, 2.05) is 0 Å². The lowest BCUT2D eigenvalue weighted by atomic mass is 9.75. The van der Waals surface area contributed by atoms with Crippen molar-refractivity contribution in [3.63, 3.8) is 0 Å². The largest absolute Gasteiger partial charge is 0.326 e. The van der Waals surface area contributed by atoms with Gasteiger partial charge in [0.15, 0.2) is 17.3 Å². The summed E-state index contributed by atoms with van der Waals surface area (Å²) in [6.07, 6.45) is 0.626. The Labute approximate surface area is 129 Å². The van der Waals surface area contributed by atoms with E-state index in [2.05, 4.69) is 5.32 Å². The molecular weight excluding hydrogens is 282 g/mol. The molecule has 2 rings (SSSR count). The van der Waals surface area contributed by atoms with Crippen molar-refractivity contribution < 1.29 is 19.2 Å². The summed E-state index contributed by atoms with van der Waals surface area (Å²) in [5.41, 5.74) is 1.54. The topological polar surface area (TPSA) is 80.3 Å². The fourth-order valence-electron chi connectivity index (χ4n) is 2.81. The molecule has 1 N–H and O–H groups in total. The summed E-state index contributed by atoms with van der Waals surface area (Å²) in [6.45, 7) is 3.09. The first-order valence-corrected chi connectivity index (χ1v) is 7.38. The molecule has 0 atom stereocenters. The van der Waals surface area contributed by atoms with E-state index in [0.29, 0.717) is 5.69 Å². The predicted octanol–water partition coefficient (Wildman–Crippen LogP) is 2.26. The molecule has 1 fully saturated rings. The van der Waals surface area contributed by atoms with Crippen molar-refractivity contribution >= 4 is 28.9 Å². The number of carbonyl (C=O) groups excluding carboxylic acids is 4. The van der Waals surface area contributed by atoms with E-state index < -0.39 is 5.92 Å². The summed E-state index contributed by atoms with van der Waals surface area (Å²) in [5.74, 6) is -2.24. The summed E-state index contributed by atoms with van der Waals surface area (Å²) >= 11 is 0. The highest BCUT2D eigenvalue weighted by Crippen LogP contribution is 2.33. The van der Waals surface area contributed by atoms with Gasteiger partial charge in [0, 0.05) is 31.9 Å². The molecule has 0 radical (unpaired) electrons. The predicted molar refractivity (Wildman–Crippen MR) is 81.5 cm³/mol. The number of amides is 1. The number of benzene rings is 1. The molecule has 116 valence electrons. The Hall–Kier alpha value is -2.30. The fourth-order valence-corrected chi connectivity index (χ4v) is 2.81. The fraction of sp³-hybridized carbons (Fsp3) is 0.412. The monoisotopic (exact) mass is 301 g/mol. The number of rotatable bonds is 4. The molecule has 5 heteroatoms. The van der Waals surface area contributed by atoms with E-state index >= 15 is 0 Å².